The SMILES string of the molecule is C=C[C@@H]1C[C@]1(NC(=O)[C@@H]1C[C@@H]2CN1C(=O)[C@H](C1CCCC1)CC(=O)N1CCC[C@H]1COC/C=C/c1ccc3nc(OCC)nc(c3c1)O2)C(=O)NS(=O)(=O)C1CC1. The van der Waals surface area contributed by atoms with Crippen LogP contribution in [0.15, 0.2) is 36.9 Å². The van der Waals surface area contributed by atoms with Crippen molar-refractivity contribution in [3.8, 4) is 11.9 Å². The third kappa shape index (κ3) is 8.12. The van der Waals surface area contributed by atoms with Gasteiger partial charge in [0.15, 0.2) is 0 Å². The van der Waals surface area contributed by atoms with E-state index < -0.39 is 56.6 Å². The number of carbonyl (C=O) groups is 4. The number of amides is 4. The molecule has 306 valence electrons. The van der Waals surface area contributed by atoms with Crippen LogP contribution in [0.3, 0.4) is 0 Å². The molecule has 2 N–H and O–H groups in total. The Hall–Kier alpha value is -4.57. The maximum Gasteiger partial charge on any atom is 0.320 e. The molecule has 15 nitrogen and oxygen atoms in total. The molecule has 4 heterocycles. The molecule has 4 bridgehead atoms. The molecule has 6 atom stereocenters. The van der Waals surface area contributed by atoms with Crippen molar-refractivity contribution in [1.29, 1.82) is 0 Å². The maximum absolute atomic E-state index is 15.0. The molecule has 6 aliphatic rings. The number of sulfonamides is 1. The number of fused-ring (bicyclic) bond motifs is 4. The van der Waals surface area contributed by atoms with Gasteiger partial charge >= 0.3 is 6.01 Å². The molecule has 3 aliphatic heterocycles. The summed E-state index contributed by atoms with van der Waals surface area (Å²) in [5.41, 5.74) is -0.0956. The lowest BCUT2D eigenvalue weighted by Gasteiger charge is -2.33. The number of rotatable bonds is 9. The molecule has 8 rings (SSSR count). The van der Waals surface area contributed by atoms with E-state index in [0.29, 0.717) is 50.1 Å². The molecular weight excluding hydrogens is 753 g/mol. The fourth-order valence-electron chi connectivity index (χ4n) is 9.16. The number of nitrogens with one attached hydrogen (secondary N) is 2. The monoisotopic (exact) mass is 804 g/mol. The summed E-state index contributed by atoms with van der Waals surface area (Å²) in [6.45, 7) is 7.31. The summed E-state index contributed by atoms with van der Waals surface area (Å²) >= 11 is 0. The van der Waals surface area contributed by atoms with Crippen LogP contribution in [0, 0.1) is 17.8 Å². The summed E-state index contributed by atoms with van der Waals surface area (Å²) in [6.07, 6.45) is 11.0. The summed E-state index contributed by atoms with van der Waals surface area (Å²) in [7, 11) is -3.90. The second-order valence-electron chi connectivity index (χ2n) is 16.4. The number of ether oxygens (including phenoxy) is 3. The highest BCUT2D eigenvalue weighted by Gasteiger charge is 2.62. The first-order valence-electron chi connectivity index (χ1n) is 20.5. The van der Waals surface area contributed by atoms with Gasteiger partial charge in [-0.05, 0) is 75.5 Å². The van der Waals surface area contributed by atoms with Gasteiger partial charge in [-0.2, -0.15) is 9.97 Å². The summed E-state index contributed by atoms with van der Waals surface area (Å²) < 4.78 is 46.2. The Morgan fingerprint density at radius 2 is 1.89 bits per heavy atom. The molecule has 3 aliphatic carbocycles. The zero-order chi connectivity index (χ0) is 39.9. The van der Waals surface area contributed by atoms with Crippen molar-refractivity contribution in [2.75, 3.05) is 32.9 Å². The summed E-state index contributed by atoms with van der Waals surface area (Å²) in [5, 5.41) is 2.85. The lowest BCUT2D eigenvalue weighted by Crippen LogP contribution is -2.57. The normalized spacial score (nSPS) is 30.2. The summed E-state index contributed by atoms with van der Waals surface area (Å²) in [4.78, 5) is 69.9. The Labute approximate surface area is 333 Å². The van der Waals surface area contributed by atoms with Crippen LogP contribution >= 0.6 is 0 Å². The van der Waals surface area contributed by atoms with E-state index in [-0.39, 0.29) is 61.5 Å². The van der Waals surface area contributed by atoms with E-state index in [9.17, 15) is 22.8 Å². The van der Waals surface area contributed by atoms with Gasteiger partial charge in [0.05, 0.1) is 48.6 Å². The fraction of sp³-hybridized carbons (Fsp3) is 0.610. The fourth-order valence-corrected chi connectivity index (χ4v) is 10.5. The highest BCUT2D eigenvalue weighted by molar-refractivity contribution is 7.91. The predicted molar refractivity (Wildman–Crippen MR) is 209 cm³/mol. The lowest BCUT2D eigenvalue weighted by atomic mass is 9.86. The third-order valence-corrected chi connectivity index (χ3v) is 14.3. The summed E-state index contributed by atoms with van der Waals surface area (Å²) in [6, 6.07) is 4.60. The zero-order valence-electron chi connectivity index (χ0n) is 32.4. The van der Waals surface area contributed by atoms with Crippen molar-refractivity contribution in [3.05, 3.63) is 42.5 Å². The van der Waals surface area contributed by atoms with Gasteiger partial charge in [0.2, 0.25) is 33.6 Å². The molecule has 16 heteroatoms. The van der Waals surface area contributed by atoms with Gasteiger partial charge < -0.3 is 29.3 Å². The molecule has 1 aromatic heterocycles. The van der Waals surface area contributed by atoms with Crippen molar-refractivity contribution in [2.45, 2.75) is 107 Å². The Kier molecular flexibility index (Phi) is 11.0. The van der Waals surface area contributed by atoms with Crippen LogP contribution in [0.1, 0.15) is 83.1 Å². The average molecular weight is 805 g/mol. The van der Waals surface area contributed by atoms with Crippen LogP contribution in [0.4, 0.5) is 0 Å². The van der Waals surface area contributed by atoms with Gasteiger partial charge in [-0.3, -0.25) is 23.9 Å². The number of benzene rings is 1. The van der Waals surface area contributed by atoms with Gasteiger partial charge in [0.1, 0.15) is 17.7 Å². The smallest absolute Gasteiger partial charge is 0.320 e. The lowest BCUT2D eigenvalue weighted by molar-refractivity contribution is -0.147. The van der Waals surface area contributed by atoms with E-state index in [2.05, 4.69) is 26.6 Å². The molecule has 5 fully saturated rings. The molecule has 2 saturated heterocycles. The zero-order valence-corrected chi connectivity index (χ0v) is 33.2. The molecular formula is C41H52N6O9S. The molecule has 4 amide bonds. The quantitative estimate of drug-likeness (QED) is 0.355. The van der Waals surface area contributed by atoms with Crippen molar-refractivity contribution in [1.82, 2.24) is 29.8 Å². The van der Waals surface area contributed by atoms with Gasteiger partial charge in [-0.1, -0.05) is 37.1 Å². The van der Waals surface area contributed by atoms with E-state index in [1.807, 2.05) is 42.2 Å². The molecule has 0 radical (unpaired) electrons. The molecule has 0 unspecified atom stereocenters. The van der Waals surface area contributed by atoms with Gasteiger partial charge in [0, 0.05) is 31.2 Å². The largest absolute Gasteiger partial charge is 0.472 e. The number of nitrogens with zero attached hydrogens (tertiary/aromatic N) is 4. The Balaban J connectivity index is 1.15. The Morgan fingerprint density at radius 1 is 1.09 bits per heavy atom. The second-order valence-corrected chi connectivity index (χ2v) is 18.3. The minimum absolute atomic E-state index is 0.0102. The van der Waals surface area contributed by atoms with Gasteiger partial charge in [0.25, 0.3) is 5.91 Å². The maximum atomic E-state index is 15.0. The first-order valence-corrected chi connectivity index (χ1v) is 22.0. The van der Waals surface area contributed by atoms with Gasteiger partial charge in [-0.15, -0.1) is 6.58 Å². The first kappa shape index (κ1) is 39.3. The topological polar surface area (TPSA) is 186 Å². The third-order valence-electron chi connectivity index (χ3n) is 12.5. The molecule has 3 saturated carbocycles. The van der Waals surface area contributed by atoms with Crippen LogP contribution in [0.2, 0.25) is 0 Å². The Bertz CT molecular complexity index is 2070. The first-order chi connectivity index (χ1) is 27.5. The average Bonchev–Trinajstić information content (AvgIpc) is 3.96. The van der Waals surface area contributed by atoms with E-state index >= 15 is 4.79 Å². The molecule has 0 spiro atoms. The highest BCUT2D eigenvalue weighted by atomic mass is 32.2. The minimum atomic E-state index is -3.90. The van der Waals surface area contributed by atoms with Crippen LogP contribution in [-0.4, -0.2) is 114 Å². The van der Waals surface area contributed by atoms with Crippen LogP contribution in [0.25, 0.3) is 17.0 Å². The van der Waals surface area contributed by atoms with Crippen molar-refractivity contribution >= 4 is 50.6 Å². The second kappa shape index (κ2) is 16.0. The summed E-state index contributed by atoms with van der Waals surface area (Å²) in [5.74, 6) is -2.83. The number of aromatic nitrogens is 2. The van der Waals surface area contributed by atoms with Crippen LogP contribution < -0.4 is 19.5 Å². The number of hydrogen-bond donors (Lipinski definition) is 2. The standard InChI is InChI=1S/C41H52N6O9S/c1-3-27-22-41(27,39(51)45-57(52,53)30-14-15-30)44-36(49)34-20-29-23-47(34)38(50)31(26-10-5-6-11-26)21-35(48)46-17-7-12-28(46)24-54-18-8-9-25-13-16-33-32(19-25)37(56-29)43-40(42-33)55-4-2/h3,8-9,13,16,19,26-31,34H,1,4-7,10-12,14-15,17-18,20-24H2,2H3,(H,44,49)(H,45,51)/b9-8+/t27-,28+,29-,31+,34+,41-/m1/s1. The molecule has 2 aromatic rings. The van der Waals surface area contributed by atoms with Crippen LogP contribution in [-0.2, 0) is 33.9 Å². The molecule has 1 aromatic carbocycles. The van der Waals surface area contributed by atoms with Crippen LogP contribution in [0.5, 0.6) is 11.9 Å². The van der Waals surface area contributed by atoms with Gasteiger partial charge in [-0.25, -0.2) is 8.42 Å². The number of carbonyl (C=O) groups excluding carboxylic acids is 4. The number of hydrogen-bond acceptors (Lipinski definition) is 11. The minimum Gasteiger partial charge on any atom is -0.472 e. The van der Waals surface area contributed by atoms with Crippen molar-refractivity contribution < 1.29 is 41.8 Å². The van der Waals surface area contributed by atoms with E-state index in [1.165, 1.54) is 11.0 Å². The molecule has 57 heavy (non-hydrogen) atoms. The van der Waals surface area contributed by atoms with E-state index in [0.717, 1.165) is 44.1 Å². The highest BCUT2D eigenvalue weighted by Crippen LogP contribution is 2.46. The van der Waals surface area contributed by atoms with Crippen molar-refractivity contribution in [3.63, 3.8) is 0 Å². The van der Waals surface area contributed by atoms with E-state index in [1.54, 1.807) is 0 Å². The predicted octanol–water partition coefficient (Wildman–Crippen LogP) is 3.28. The van der Waals surface area contributed by atoms with E-state index in [4.69, 9.17) is 14.2 Å². The Morgan fingerprint density at radius 3 is 2.63 bits per heavy atom. The van der Waals surface area contributed by atoms with Crippen molar-refractivity contribution in [2.24, 2.45) is 17.8 Å².